The number of nitrogens with zero attached hydrogens (tertiary/aromatic N) is 1. The molecule has 1 aromatic carbocycles. The van der Waals surface area contributed by atoms with Crippen LogP contribution in [0.2, 0.25) is 0 Å². The van der Waals surface area contributed by atoms with Crippen LogP contribution in [0.4, 0.5) is 6.01 Å². The number of nitrogens with two attached hydrogens (primary N) is 1. The molecule has 0 unspecified atom stereocenters. The highest BCUT2D eigenvalue weighted by Crippen LogP contribution is 2.30. The standard InChI is InChI=1S/C12H11N3O2/c1-16-7-2-3-8-9(5-14-10(8)4-7)11-6-17-12(13)15-11/h2-6,14H,1H3,(H2,13,15). The van der Waals surface area contributed by atoms with E-state index < -0.39 is 0 Å². The summed E-state index contributed by atoms with van der Waals surface area (Å²) >= 11 is 0. The van der Waals surface area contributed by atoms with Crippen molar-refractivity contribution in [2.75, 3.05) is 12.8 Å². The number of hydrogen-bond donors (Lipinski definition) is 2. The normalized spacial score (nSPS) is 10.9. The van der Waals surface area contributed by atoms with Crippen molar-refractivity contribution in [1.29, 1.82) is 0 Å². The fraction of sp³-hybridized carbons (Fsp3) is 0.0833. The molecule has 3 rings (SSSR count). The summed E-state index contributed by atoms with van der Waals surface area (Å²) in [6.07, 6.45) is 3.42. The van der Waals surface area contributed by atoms with Gasteiger partial charge in [-0.2, -0.15) is 4.98 Å². The lowest BCUT2D eigenvalue weighted by Crippen LogP contribution is -1.83. The zero-order chi connectivity index (χ0) is 11.8. The molecule has 2 aromatic heterocycles. The van der Waals surface area contributed by atoms with Crippen LogP contribution >= 0.6 is 0 Å². The van der Waals surface area contributed by atoms with Crippen molar-refractivity contribution >= 4 is 16.9 Å². The topological polar surface area (TPSA) is 77.1 Å². The van der Waals surface area contributed by atoms with Gasteiger partial charge in [-0.1, -0.05) is 0 Å². The van der Waals surface area contributed by atoms with Crippen LogP contribution in [-0.4, -0.2) is 17.1 Å². The highest BCUT2D eigenvalue weighted by Gasteiger charge is 2.10. The first kappa shape index (κ1) is 9.77. The molecule has 0 saturated heterocycles. The number of rotatable bonds is 2. The van der Waals surface area contributed by atoms with Gasteiger partial charge < -0.3 is 19.9 Å². The summed E-state index contributed by atoms with van der Waals surface area (Å²) in [6.45, 7) is 0. The number of aromatic nitrogens is 2. The average molecular weight is 229 g/mol. The van der Waals surface area contributed by atoms with Crippen LogP contribution in [0, 0.1) is 0 Å². The Morgan fingerprint density at radius 3 is 3.00 bits per heavy atom. The summed E-state index contributed by atoms with van der Waals surface area (Å²) in [4.78, 5) is 7.27. The molecule has 0 bridgehead atoms. The van der Waals surface area contributed by atoms with Gasteiger partial charge in [0.15, 0.2) is 0 Å². The molecule has 0 radical (unpaired) electrons. The Morgan fingerprint density at radius 2 is 2.29 bits per heavy atom. The number of nitrogen functional groups attached to an aromatic ring is 1. The number of H-pyrrole nitrogens is 1. The molecule has 17 heavy (non-hydrogen) atoms. The Kier molecular flexibility index (Phi) is 2.04. The first-order valence-electron chi connectivity index (χ1n) is 5.14. The Morgan fingerprint density at radius 1 is 1.41 bits per heavy atom. The predicted octanol–water partition coefficient (Wildman–Crippen LogP) is 2.41. The number of methoxy groups -OCH3 is 1. The Hall–Kier alpha value is -2.43. The van der Waals surface area contributed by atoms with Crippen LogP contribution in [0.25, 0.3) is 22.2 Å². The minimum atomic E-state index is 0.169. The quantitative estimate of drug-likeness (QED) is 0.707. The van der Waals surface area contributed by atoms with E-state index in [9.17, 15) is 0 Å². The van der Waals surface area contributed by atoms with Crippen LogP contribution in [0.5, 0.6) is 5.75 Å². The molecule has 0 spiro atoms. The number of nitrogens with one attached hydrogen (secondary N) is 1. The van der Waals surface area contributed by atoms with Gasteiger partial charge in [0.25, 0.3) is 6.01 Å². The highest BCUT2D eigenvalue weighted by molar-refractivity contribution is 5.95. The molecule has 0 fully saturated rings. The third-order valence-electron chi connectivity index (χ3n) is 2.69. The monoisotopic (exact) mass is 229 g/mol. The fourth-order valence-corrected chi connectivity index (χ4v) is 1.86. The van der Waals surface area contributed by atoms with Crippen LogP contribution in [-0.2, 0) is 0 Å². The van der Waals surface area contributed by atoms with Crippen LogP contribution in [0.3, 0.4) is 0 Å². The third-order valence-corrected chi connectivity index (χ3v) is 2.69. The van der Waals surface area contributed by atoms with Crippen LogP contribution < -0.4 is 10.5 Å². The molecule has 0 atom stereocenters. The largest absolute Gasteiger partial charge is 0.497 e. The third kappa shape index (κ3) is 1.52. The van der Waals surface area contributed by atoms with Crippen molar-refractivity contribution < 1.29 is 9.15 Å². The Labute approximate surface area is 97.2 Å². The van der Waals surface area contributed by atoms with Gasteiger partial charge in [0.1, 0.15) is 17.7 Å². The van der Waals surface area contributed by atoms with E-state index in [0.717, 1.165) is 27.9 Å². The second-order valence-corrected chi connectivity index (χ2v) is 3.68. The summed E-state index contributed by atoms with van der Waals surface area (Å²) in [5, 5.41) is 1.05. The van der Waals surface area contributed by atoms with Crippen molar-refractivity contribution in [2.24, 2.45) is 0 Å². The first-order chi connectivity index (χ1) is 8.28. The van der Waals surface area contributed by atoms with E-state index in [4.69, 9.17) is 14.9 Å². The van der Waals surface area contributed by atoms with E-state index in [1.807, 2.05) is 24.4 Å². The summed E-state index contributed by atoms with van der Waals surface area (Å²) in [5.41, 5.74) is 8.14. The van der Waals surface area contributed by atoms with E-state index in [-0.39, 0.29) is 6.01 Å². The lowest BCUT2D eigenvalue weighted by molar-refractivity contribution is 0.415. The Bertz CT molecular complexity index is 669. The number of ether oxygens (including phenoxy) is 1. The summed E-state index contributed by atoms with van der Waals surface area (Å²) in [7, 11) is 1.64. The number of hydrogen-bond acceptors (Lipinski definition) is 4. The second kappa shape index (κ2) is 3.55. The smallest absolute Gasteiger partial charge is 0.292 e. The van der Waals surface area contributed by atoms with Gasteiger partial charge >= 0.3 is 0 Å². The van der Waals surface area contributed by atoms with Gasteiger partial charge in [0.05, 0.1) is 7.11 Å². The van der Waals surface area contributed by atoms with E-state index in [2.05, 4.69) is 9.97 Å². The predicted molar refractivity (Wildman–Crippen MR) is 64.8 cm³/mol. The summed E-state index contributed by atoms with van der Waals surface area (Å²) in [6, 6.07) is 5.99. The molecule has 3 N–H and O–H groups in total. The molecular formula is C12H11N3O2. The van der Waals surface area contributed by atoms with E-state index in [1.54, 1.807) is 13.4 Å². The number of oxazole rings is 1. The van der Waals surface area contributed by atoms with Gasteiger partial charge in [-0.3, -0.25) is 0 Å². The highest BCUT2D eigenvalue weighted by atomic mass is 16.5. The van der Waals surface area contributed by atoms with Crippen molar-refractivity contribution in [2.45, 2.75) is 0 Å². The lowest BCUT2D eigenvalue weighted by Gasteiger charge is -1.99. The number of benzene rings is 1. The van der Waals surface area contributed by atoms with Crippen LogP contribution in [0.15, 0.2) is 35.1 Å². The first-order valence-corrected chi connectivity index (χ1v) is 5.14. The van der Waals surface area contributed by atoms with Gasteiger partial charge in [-0.05, 0) is 12.1 Å². The van der Waals surface area contributed by atoms with Crippen molar-refractivity contribution in [3.63, 3.8) is 0 Å². The molecular weight excluding hydrogens is 218 g/mol. The Balaban J connectivity index is 2.18. The molecule has 0 aliphatic rings. The van der Waals surface area contributed by atoms with E-state index in [0.29, 0.717) is 0 Å². The molecule has 0 aliphatic carbocycles. The number of fused-ring (bicyclic) bond motifs is 1. The minimum absolute atomic E-state index is 0.169. The van der Waals surface area contributed by atoms with Gasteiger partial charge in [0, 0.05) is 28.7 Å². The maximum absolute atomic E-state index is 5.47. The van der Waals surface area contributed by atoms with Crippen molar-refractivity contribution in [1.82, 2.24) is 9.97 Å². The molecule has 5 heteroatoms. The molecule has 0 amide bonds. The molecule has 2 heterocycles. The minimum Gasteiger partial charge on any atom is -0.497 e. The summed E-state index contributed by atoms with van der Waals surface area (Å²) in [5.74, 6) is 0.811. The molecule has 0 saturated carbocycles. The molecule has 86 valence electrons. The molecule has 0 aliphatic heterocycles. The molecule has 3 aromatic rings. The van der Waals surface area contributed by atoms with Gasteiger partial charge in [0.2, 0.25) is 0 Å². The van der Waals surface area contributed by atoms with Crippen molar-refractivity contribution in [3.05, 3.63) is 30.7 Å². The zero-order valence-corrected chi connectivity index (χ0v) is 9.23. The average Bonchev–Trinajstić information content (AvgIpc) is 2.93. The SMILES string of the molecule is COc1ccc2c(-c3coc(N)n3)c[nH]c2c1. The maximum Gasteiger partial charge on any atom is 0.292 e. The van der Waals surface area contributed by atoms with Crippen molar-refractivity contribution in [3.8, 4) is 17.0 Å². The lowest BCUT2D eigenvalue weighted by atomic mass is 10.1. The maximum atomic E-state index is 5.47. The van der Waals surface area contributed by atoms with E-state index >= 15 is 0 Å². The number of anilines is 1. The summed E-state index contributed by atoms with van der Waals surface area (Å²) < 4.78 is 10.2. The zero-order valence-electron chi connectivity index (χ0n) is 9.23. The molecule has 5 nitrogen and oxygen atoms in total. The van der Waals surface area contributed by atoms with Gasteiger partial charge in [-0.15, -0.1) is 0 Å². The number of aromatic amines is 1. The second-order valence-electron chi connectivity index (χ2n) is 3.68. The fourth-order valence-electron chi connectivity index (χ4n) is 1.86. The van der Waals surface area contributed by atoms with Crippen LogP contribution in [0.1, 0.15) is 0 Å². The van der Waals surface area contributed by atoms with Gasteiger partial charge in [-0.25, -0.2) is 0 Å². The van der Waals surface area contributed by atoms with E-state index in [1.165, 1.54) is 0 Å².